The molecule has 13 rings (SSSR count). The monoisotopic (exact) mass is 1310 g/mol. The van der Waals surface area contributed by atoms with Crippen LogP contribution >= 0.6 is 0 Å². The van der Waals surface area contributed by atoms with Crippen molar-refractivity contribution in [2.75, 3.05) is 0 Å². The summed E-state index contributed by atoms with van der Waals surface area (Å²) in [4.78, 5) is 0. The van der Waals surface area contributed by atoms with Crippen LogP contribution in [0, 0.1) is 62.3 Å². The van der Waals surface area contributed by atoms with E-state index in [1.165, 1.54) is 0 Å². The van der Waals surface area contributed by atoms with E-state index in [2.05, 4.69) is 323 Å². The van der Waals surface area contributed by atoms with Gasteiger partial charge in [0.05, 0.1) is 5.41 Å². The second-order valence-corrected chi connectivity index (χ2v) is 28.7. The molecule has 0 aliphatic rings. The molecule has 13 aromatic rings. The van der Waals surface area contributed by atoms with Crippen LogP contribution in [0.25, 0.3) is 11.1 Å². The Balaban J connectivity index is 1.22. The Hall–Kier alpha value is -10.9. The molecule has 100 heavy (non-hydrogen) atoms. The molecular formula is C96H90O4. The number of aromatic hydroxyl groups is 4. The summed E-state index contributed by atoms with van der Waals surface area (Å²) in [5.41, 5.74) is 29.2. The minimum Gasteiger partial charge on any atom is -0.507 e. The first-order valence-electron chi connectivity index (χ1n) is 35.2. The lowest BCUT2D eigenvalue weighted by Gasteiger charge is -2.40. The second-order valence-electron chi connectivity index (χ2n) is 28.7. The van der Waals surface area contributed by atoms with Crippen LogP contribution in [0.15, 0.2) is 261 Å². The molecule has 0 amide bonds. The molecule has 0 unspecified atom stereocenters. The maximum Gasteiger partial charge on any atom is 0.122 e. The van der Waals surface area contributed by atoms with Crippen LogP contribution in [0.5, 0.6) is 23.0 Å². The van der Waals surface area contributed by atoms with Crippen LogP contribution in [0.3, 0.4) is 0 Å². The van der Waals surface area contributed by atoms with Crippen LogP contribution in [0.2, 0.25) is 0 Å². The molecule has 498 valence electrons. The molecule has 0 aliphatic carbocycles. The van der Waals surface area contributed by atoms with Crippen molar-refractivity contribution in [1.29, 1.82) is 0 Å². The predicted octanol–water partition coefficient (Wildman–Crippen LogP) is 22.1. The van der Waals surface area contributed by atoms with Crippen LogP contribution in [-0.2, 0) is 56.8 Å². The van der Waals surface area contributed by atoms with E-state index in [0.717, 1.165) is 172 Å². The lowest BCUT2D eigenvalue weighted by Crippen LogP contribution is -2.33. The fraction of sp³-hybridized carbons (Fsp3) is 0.188. The number of phenolic OH excluding ortho intramolecular Hbond substituents is 4. The third kappa shape index (κ3) is 15.2. The Labute approximate surface area is 592 Å². The Morgan fingerprint density at radius 2 is 0.370 bits per heavy atom. The molecule has 0 spiro atoms. The zero-order chi connectivity index (χ0) is 69.8. The van der Waals surface area contributed by atoms with Crippen LogP contribution in [0.4, 0.5) is 0 Å². The summed E-state index contributed by atoms with van der Waals surface area (Å²) in [5, 5.41) is 53.0. The Morgan fingerprint density at radius 1 is 0.200 bits per heavy atom. The SMILES string of the molecule is Cc1ccc(Cc2cc(-c3cc(C)ccc3C(c3cc(Cc4ccc(C)cc4)c(O)c(Cc4ccc(C)cc4)c3)(c3cc(Cc4ccc(C)cc4)c(O)c(Cc4ccc(C)cc4)c3)c3cc(Cc4ccc(C)cc4)c(O)c(Cc4ccc(C)cc4)c3)cc(Cc3ccc(C)cc3)c2O)cc1. The number of aryl methyl sites for hydroxylation is 9. The highest BCUT2D eigenvalue weighted by Crippen LogP contribution is 2.54. The Bertz CT molecular complexity index is 4430. The molecule has 0 aliphatic heterocycles. The third-order valence-electron chi connectivity index (χ3n) is 20.4. The fourth-order valence-electron chi connectivity index (χ4n) is 14.5. The van der Waals surface area contributed by atoms with Gasteiger partial charge in [0.15, 0.2) is 0 Å². The molecular weight excluding hydrogens is 1220 g/mol. The van der Waals surface area contributed by atoms with Crippen molar-refractivity contribution in [2.24, 2.45) is 0 Å². The Kier molecular flexibility index (Phi) is 19.8. The van der Waals surface area contributed by atoms with Gasteiger partial charge in [-0.2, -0.15) is 0 Å². The van der Waals surface area contributed by atoms with Gasteiger partial charge in [0.25, 0.3) is 0 Å². The van der Waals surface area contributed by atoms with E-state index < -0.39 is 5.41 Å². The van der Waals surface area contributed by atoms with E-state index in [4.69, 9.17) is 0 Å². The van der Waals surface area contributed by atoms with E-state index in [9.17, 15) is 20.4 Å². The standard InChI is InChI=1S/C96H90O4/c1-61-10-27-70(28-11-61)45-79-53-78(54-80(92(79)97)46-71-29-12-62(2)13-30-71)90-44-69(9)26-43-91(90)96(87-55-81(47-72-31-14-63(3)15-32-72)93(98)82(56-87)48-73-33-16-64(4)17-34-73,88-57-83(49-74-35-18-65(5)19-36-74)94(99)84(58-88)50-75-37-20-66(6)21-38-75)89-59-85(51-76-39-22-67(7)23-40-76)95(100)86(60-89)52-77-41-24-68(8)25-42-77/h10-44,53-60,97-100H,45-52H2,1-9H3. The molecule has 0 fully saturated rings. The van der Waals surface area contributed by atoms with Gasteiger partial charge in [-0.05, 0) is 197 Å². The zero-order valence-electron chi connectivity index (χ0n) is 59.3. The van der Waals surface area contributed by atoms with E-state index >= 15 is 0 Å². The van der Waals surface area contributed by atoms with Crippen molar-refractivity contribution in [3.05, 3.63) is 422 Å². The van der Waals surface area contributed by atoms with Gasteiger partial charge in [-0.15, -0.1) is 0 Å². The summed E-state index contributed by atoms with van der Waals surface area (Å²) in [7, 11) is 0. The van der Waals surface area contributed by atoms with Gasteiger partial charge in [0, 0.05) is 51.4 Å². The largest absolute Gasteiger partial charge is 0.507 e. The predicted molar refractivity (Wildman–Crippen MR) is 413 cm³/mol. The Morgan fingerprint density at radius 3 is 0.560 bits per heavy atom. The van der Waals surface area contributed by atoms with Crippen molar-refractivity contribution < 1.29 is 20.4 Å². The van der Waals surface area contributed by atoms with Gasteiger partial charge in [-0.3, -0.25) is 0 Å². The number of rotatable bonds is 21. The summed E-state index contributed by atoms with van der Waals surface area (Å²) < 4.78 is 0. The zero-order valence-corrected chi connectivity index (χ0v) is 59.3. The molecule has 4 heteroatoms. The van der Waals surface area contributed by atoms with Crippen molar-refractivity contribution in [3.8, 4) is 34.1 Å². The van der Waals surface area contributed by atoms with E-state index in [0.29, 0.717) is 51.4 Å². The molecule has 0 saturated heterocycles. The molecule has 0 heterocycles. The average molecular weight is 1310 g/mol. The lowest BCUT2D eigenvalue weighted by atomic mass is 9.61. The van der Waals surface area contributed by atoms with Gasteiger partial charge >= 0.3 is 0 Å². The van der Waals surface area contributed by atoms with Crippen LogP contribution in [-0.4, -0.2) is 20.4 Å². The van der Waals surface area contributed by atoms with Crippen LogP contribution in [0.1, 0.15) is 161 Å². The minimum atomic E-state index is -1.36. The summed E-state index contributed by atoms with van der Waals surface area (Å²) in [5.74, 6) is 0.976. The van der Waals surface area contributed by atoms with Crippen LogP contribution < -0.4 is 0 Å². The third-order valence-corrected chi connectivity index (χ3v) is 20.4. The van der Waals surface area contributed by atoms with Gasteiger partial charge in [0.1, 0.15) is 23.0 Å². The average Bonchev–Trinajstić information content (AvgIpc) is 0.705. The quantitative estimate of drug-likeness (QED) is 0.0541. The van der Waals surface area contributed by atoms with Gasteiger partial charge in [-0.1, -0.05) is 299 Å². The van der Waals surface area contributed by atoms with Gasteiger partial charge in [-0.25, -0.2) is 0 Å². The normalized spacial score (nSPS) is 11.5. The molecule has 13 aromatic carbocycles. The van der Waals surface area contributed by atoms with Crippen molar-refractivity contribution in [1.82, 2.24) is 0 Å². The van der Waals surface area contributed by atoms with E-state index in [1.807, 2.05) is 0 Å². The van der Waals surface area contributed by atoms with Crippen molar-refractivity contribution in [3.63, 3.8) is 0 Å². The van der Waals surface area contributed by atoms with E-state index in [-0.39, 0.29) is 23.0 Å². The number of hydrogen-bond donors (Lipinski definition) is 4. The molecule has 0 bridgehead atoms. The fourth-order valence-corrected chi connectivity index (χ4v) is 14.5. The highest BCUT2D eigenvalue weighted by molar-refractivity contribution is 5.79. The minimum absolute atomic E-state index is 0.236. The topological polar surface area (TPSA) is 80.9 Å². The molecule has 0 radical (unpaired) electrons. The number of hydrogen-bond acceptors (Lipinski definition) is 4. The highest BCUT2D eigenvalue weighted by Gasteiger charge is 2.43. The smallest absolute Gasteiger partial charge is 0.122 e. The molecule has 4 N–H and O–H groups in total. The second kappa shape index (κ2) is 29.2. The molecule has 0 atom stereocenters. The van der Waals surface area contributed by atoms with Gasteiger partial charge < -0.3 is 20.4 Å². The first-order valence-corrected chi connectivity index (χ1v) is 35.2. The molecule has 0 aromatic heterocycles. The maximum absolute atomic E-state index is 13.3. The number of benzene rings is 13. The molecule has 4 nitrogen and oxygen atoms in total. The summed E-state index contributed by atoms with van der Waals surface area (Å²) in [6, 6.07) is 93.9. The van der Waals surface area contributed by atoms with Crippen molar-refractivity contribution in [2.45, 2.75) is 119 Å². The van der Waals surface area contributed by atoms with E-state index in [1.54, 1.807) is 0 Å². The number of phenols is 4. The summed E-state index contributed by atoms with van der Waals surface area (Å²) in [6.07, 6.45) is 3.56. The first kappa shape index (κ1) is 67.6. The highest BCUT2D eigenvalue weighted by atomic mass is 16.3. The lowest BCUT2D eigenvalue weighted by molar-refractivity contribution is 0.461. The van der Waals surface area contributed by atoms with Gasteiger partial charge in [0.2, 0.25) is 0 Å². The van der Waals surface area contributed by atoms with Crippen molar-refractivity contribution >= 4 is 0 Å². The molecule has 0 saturated carbocycles. The summed E-state index contributed by atoms with van der Waals surface area (Å²) in [6.45, 7) is 19.0. The first-order chi connectivity index (χ1) is 48.3. The summed E-state index contributed by atoms with van der Waals surface area (Å²) >= 11 is 0. The maximum atomic E-state index is 13.3.